The minimum absolute atomic E-state index is 0.838. The molecule has 0 spiro atoms. The van der Waals surface area contributed by atoms with Crippen LogP contribution in [0.1, 0.15) is 12.0 Å². The highest BCUT2D eigenvalue weighted by Gasteiger charge is 2.57. The SMILES string of the molecule is C[Si](C)(C)C1=C(c2ccccc2)C2C3C=CC(C3)C12. The molecule has 1 aromatic carbocycles. The van der Waals surface area contributed by atoms with Gasteiger partial charge in [0.1, 0.15) is 0 Å². The van der Waals surface area contributed by atoms with Crippen LogP contribution in [-0.4, -0.2) is 8.07 Å². The van der Waals surface area contributed by atoms with Gasteiger partial charge in [-0.05, 0) is 41.2 Å². The number of hydrogen-bond acceptors (Lipinski definition) is 0. The van der Waals surface area contributed by atoms with Gasteiger partial charge in [0.15, 0.2) is 0 Å². The number of allylic oxidation sites excluding steroid dienone is 4. The van der Waals surface area contributed by atoms with Gasteiger partial charge in [-0.25, -0.2) is 0 Å². The van der Waals surface area contributed by atoms with Crippen LogP contribution in [0, 0.1) is 23.7 Å². The minimum atomic E-state index is -1.20. The molecule has 1 saturated carbocycles. The van der Waals surface area contributed by atoms with E-state index in [2.05, 4.69) is 62.1 Å². The van der Waals surface area contributed by atoms with E-state index in [0.29, 0.717) is 0 Å². The van der Waals surface area contributed by atoms with E-state index in [1.165, 1.54) is 12.0 Å². The molecule has 4 rings (SSSR count). The van der Waals surface area contributed by atoms with E-state index in [9.17, 15) is 0 Å². The van der Waals surface area contributed by atoms with Crippen molar-refractivity contribution in [2.24, 2.45) is 23.7 Å². The average molecular weight is 266 g/mol. The van der Waals surface area contributed by atoms with E-state index in [1.54, 1.807) is 5.57 Å². The number of hydrogen-bond donors (Lipinski definition) is 0. The number of fused-ring (bicyclic) bond motifs is 5. The van der Waals surface area contributed by atoms with Crippen LogP contribution in [-0.2, 0) is 0 Å². The van der Waals surface area contributed by atoms with Crippen LogP contribution >= 0.6 is 0 Å². The lowest BCUT2D eigenvalue weighted by atomic mass is 9.66. The third-order valence-electron chi connectivity index (χ3n) is 5.31. The molecule has 1 aromatic rings. The number of rotatable bonds is 2. The van der Waals surface area contributed by atoms with Crippen LogP contribution in [0.3, 0.4) is 0 Å². The van der Waals surface area contributed by atoms with E-state index in [0.717, 1.165) is 23.7 Å². The molecule has 1 heteroatoms. The maximum absolute atomic E-state index is 2.52. The van der Waals surface area contributed by atoms with Crippen molar-refractivity contribution < 1.29 is 0 Å². The van der Waals surface area contributed by atoms with Crippen LogP contribution in [0.4, 0.5) is 0 Å². The highest BCUT2D eigenvalue weighted by Crippen LogP contribution is 2.65. The topological polar surface area (TPSA) is 0 Å². The van der Waals surface area contributed by atoms with Gasteiger partial charge in [-0.1, -0.05) is 67.3 Å². The van der Waals surface area contributed by atoms with Gasteiger partial charge in [-0.3, -0.25) is 0 Å². The molecule has 3 aliphatic carbocycles. The first kappa shape index (κ1) is 11.7. The van der Waals surface area contributed by atoms with Gasteiger partial charge in [0.25, 0.3) is 0 Å². The molecule has 3 aliphatic rings. The summed E-state index contributed by atoms with van der Waals surface area (Å²) in [5, 5.41) is 1.88. The molecule has 0 saturated heterocycles. The first-order valence-corrected chi connectivity index (χ1v) is 11.1. The third kappa shape index (κ3) is 1.51. The van der Waals surface area contributed by atoms with Gasteiger partial charge in [0, 0.05) is 0 Å². The third-order valence-corrected chi connectivity index (χ3v) is 7.53. The highest BCUT2D eigenvalue weighted by atomic mass is 28.3. The van der Waals surface area contributed by atoms with Crippen molar-refractivity contribution in [1.82, 2.24) is 0 Å². The summed E-state index contributed by atoms with van der Waals surface area (Å²) >= 11 is 0. The molecule has 4 unspecified atom stereocenters. The Morgan fingerprint density at radius 3 is 2.16 bits per heavy atom. The molecule has 2 bridgehead atoms. The molecule has 4 atom stereocenters. The van der Waals surface area contributed by atoms with Crippen LogP contribution in [0.25, 0.3) is 5.57 Å². The average Bonchev–Trinajstić information content (AvgIpc) is 2.85. The van der Waals surface area contributed by atoms with Gasteiger partial charge in [0.2, 0.25) is 0 Å². The summed E-state index contributed by atoms with van der Waals surface area (Å²) in [5.74, 6) is 3.45. The van der Waals surface area contributed by atoms with Crippen molar-refractivity contribution >= 4 is 13.6 Å². The van der Waals surface area contributed by atoms with Crippen molar-refractivity contribution in [3.8, 4) is 0 Å². The molecule has 0 aromatic heterocycles. The van der Waals surface area contributed by atoms with E-state index in [4.69, 9.17) is 0 Å². The summed E-state index contributed by atoms with van der Waals surface area (Å²) < 4.78 is 0. The van der Waals surface area contributed by atoms with Gasteiger partial charge < -0.3 is 0 Å². The Morgan fingerprint density at radius 1 is 0.895 bits per heavy atom. The van der Waals surface area contributed by atoms with E-state index in [1.807, 2.05) is 5.20 Å². The molecule has 19 heavy (non-hydrogen) atoms. The first-order chi connectivity index (χ1) is 9.07. The van der Waals surface area contributed by atoms with Gasteiger partial charge >= 0.3 is 0 Å². The second-order valence-corrected chi connectivity index (χ2v) is 12.5. The Morgan fingerprint density at radius 2 is 1.53 bits per heavy atom. The first-order valence-electron chi connectivity index (χ1n) is 7.55. The van der Waals surface area contributed by atoms with Crippen molar-refractivity contribution in [3.63, 3.8) is 0 Å². The lowest BCUT2D eigenvalue weighted by Crippen LogP contribution is -2.44. The zero-order valence-corrected chi connectivity index (χ0v) is 13.1. The summed E-state index contributed by atoms with van der Waals surface area (Å²) in [4.78, 5) is 0. The predicted octanol–water partition coefficient (Wildman–Crippen LogP) is 4.77. The van der Waals surface area contributed by atoms with Crippen LogP contribution < -0.4 is 0 Å². The molecule has 0 radical (unpaired) electrons. The zero-order chi connectivity index (χ0) is 13.2. The fourth-order valence-electron chi connectivity index (χ4n) is 4.74. The van der Waals surface area contributed by atoms with E-state index >= 15 is 0 Å². The molecule has 0 heterocycles. The monoisotopic (exact) mass is 266 g/mol. The Bertz CT molecular complexity index is 573. The maximum Gasteiger partial charge on any atom is 0.0732 e. The quantitative estimate of drug-likeness (QED) is 0.534. The van der Waals surface area contributed by atoms with E-state index in [-0.39, 0.29) is 0 Å². The zero-order valence-electron chi connectivity index (χ0n) is 12.1. The van der Waals surface area contributed by atoms with Crippen LogP contribution in [0.5, 0.6) is 0 Å². The highest BCUT2D eigenvalue weighted by molar-refractivity contribution is 6.84. The summed E-state index contributed by atoms with van der Waals surface area (Å²) in [6.45, 7) is 7.57. The molecule has 0 nitrogen and oxygen atoms in total. The Labute approximate surface area is 117 Å². The second-order valence-electron chi connectivity index (χ2n) is 7.44. The Kier molecular flexibility index (Phi) is 2.30. The van der Waals surface area contributed by atoms with E-state index < -0.39 is 8.07 Å². The largest absolute Gasteiger partial charge is 0.0845 e. The van der Waals surface area contributed by atoms with Crippen molar-refractivity contribution in [2.75, 3.05) is 0 Å². The Hall–Kier alpha value is -1.08. The molecular weight excluding hydrogens is 244 g/mol. The molecule has 0 amide bonds. The van der Waals surface area contributed by atoms with Gasteiger partial charge in [0.05, 0.1) is 8.07 Å². The molecule has 0 aliphatic heterocycles. The lowest BCUT2D eigenvalue weighted by molar-refractivity contribution is 0.406. The lowest BCUT2D eigenvalue weighted by Gasteiger charge is -2.48. The van der Waals surface area contributed by atoms with Crippen LogP contribution in [0.2, 0.25) is 19.6 Å². The van der Waals surface area contributed by atoms with Crippen molar-refractivity contribution in [1.29, 1.82) is 0 Å². The predicted molar refractivity (Wildman–Crippen MR) is 84.4 cm³/mol. The van der Waals surface area contributed by atoms with Crippen molar-refractivity contribution in [2.45, 2.75) is 26.1 Å². The summed E-state index contributed by atoms with van der Waals surface area (Å²) in [5.41, 5.74) is 3.24. The summed E-state index contributed by atoms with van der Waals surface area (Å²) in [7, 11) is -1.20. The minimum Gasteiger partial charge on any atom is -0.0845 e. The summed E-state index contributed by atoms with van der Waals surface area (Å²) in [6.07, 6.45) is 6.42. The molecule has 0 N–H and O–H groups in total. The van der Waals surface area contributed by atoms with Gasteiger partial charge in [-0.2, -0.15) is 0 Å². The molecule has 1 fully saturated rings. The smallest absolute Gasteiger partial charge is 0.0732 e. The Balaban J connectivity index is 1.86. The second kappa shape index (κ2) is 3.73. The van der Waals surface area contributed by atoms with Gasteiger partial charge in [-0.15, -0.1) is 0 Å². The maximum atomic E-state index is 2.52. The fourth-order valence-corrected chi connectivity index (χ4v) is 7.25. The summed E-state index contributed by atoms with van der Waals surface area (Å²) in [6, 6.07) is 11.2. The van der Waals surface area contributed by atoms with Crippen molar-refractivity contribution in [3.05, 3.63) is 53.2 Å². The molecule has 98 valence electrons. The fraction of sp³-hybridized carbons (Fsp3) is 0.444. The normalized spacial score (nSPS) is 35.5. The van der Waals surface area contributed by atoms with Crippen LogP contribution in [0.15, 0.2) is 47.7 Å². The number of benzene rings is 1. The molecular formula is C18H22Si. The standard InChI is InChI=1S/C18H22Si/c1-19(2,3)18-16(12-7-5-4-6-8-12)15-13-9-10-14(11-13)17(15)18/h4-10,13-15,17H,11H2,1-3H3.